The van der Waals surface area contributed by atoms with Gasteiger partial charge in [-0.3, -0.25) is 4.79 Å². The minimum Gasteiger partial charge on any atom is -0.343 e. The van der Waals surface area contributed by atoms with E-state index in [0.29, 0.717) is 38.9 Å². The van der Waals surface area contributed by atoms with E-state index in [1.165, 1.54) is 0 Å². The van der Waals surface area contributed by atoms with E-state index in [2.05, 4.69) is 4.72 Å². The summed E-state index contributed by atoms with van der Waals surface area (Å²) < 4.78 is 25.6. The van der Waals surface area contributed by atoms with Crippen LogP contribution in [0.25, 0.3) is 0 Å². The van der Waals surface area contributed by atoms with Gasteiger partial charge in [0.15, 0.2) is 0 Å². The monoisotopic (exact) mass is 291 g/mol. The minimum absolute atomic E-state index is 0.0408. The Morgan fingerprint density at radius 1 is 1.42 bits per heavy atom. The van der Waals surface area contributed by atoms with E-state index in [1.807, 2.05) is 11.8 Å². The lowest BCUT2D eigenvalue weighted by atomic mass is 10.0. The Bertz CT molecular complexity index is 389. The molecule has 1 unspecified atom stereocenters. The topological polar surface area (TPSA) is 92.5 Å². The second-order valence-corrected chi connectivity index (χ2v) is 7.26. The molecule has 1 rings (SSSR count). The van der Waals surface area contributed by atoms with Gasteiger partial charge in [0.2, 0.25) is 15.9 Å². The maximum absolute atomic E-state index is 11.9. The van der Waals surface area contributed by atoms with E-state index in [4.69, 9.17) is 5.73 Å². The van der Waals surface area contributed by atoms with Gasteiger partial charge in [-0.05, 0) is 32.2 Å². The van der Waals surface area contributed by atoms with Gasteiger partial charge in [0, 0.05) is 25.6 Å². The van der Waals surface area contributed by atoms with Gasteiger partial charge in [0.1, 0.15) is 0 Å². The molecule has 1 atom stereocenters. The van der Waals surface area contributed by atoms with Crippen molar-refractivity contribution in [2.24, 2.45) is 11.7 Å². The summed E-state index contributed by atoms with van der Waals surface area (Å²) in [5, 5.41) is 0. The van der Waals surface area contributed by atoms with Crippen LogP contribution in [0.5, 0.6) is 0 Å². The molecule has 7 heteroatoms. The third kappa shape index (κ3) is 5.46. The first-order chi connectivity index (χ1) is 8.88. The molecule has 1 fully saturated rings. The van der Waals surface area contributed by atoms with Crippen molar-refractivity contribution >= 4 is 15.9 Å². The van der Waals surface area contributed by atoms with Crippen molar-refractivity contribution in [2.75, 3.05) is 25.4 Å². The van der Waals surface area contributed by atoms with Gasteiger partial charge in [0.25, 0.3) is 0 Å². The number of carbonyl (C=O) groups excluding carboxylic acids is 1. The predicted molar refractivity (Wildman–Crippen MR) is 75.0 cm³/mol. The lowest BCUT2D eigenvalue weighted by Crippen LogP contribution is -2.47. The van der Waals surface area contributed by atoms with E-state index < -0.39 is 10.0 Å². The highest BCUT2D eigenvalue weighted by molar-refractivity contribution is 7.89. The third-order valence-electron chi connectivity index (χ3n) is 3.50. The van der Waals surface area contributed by atoms with E-state index in [1.54, 1.807) is 6.92 Å². The van der Waals surface area contributed by atoms with Crippen LogP contribution < -0.4 is 10.5 Å². The van der Waals surface area contributed by atoms with Crippen LogP contribution in [0, 0.1) is 5.92 Å². The highest BCUT2D eigenvalue weighted by atomic mass is 32.2. The first-order valence-corrected chi connectivity index (χ1v) is 8.51. The molecule has 0 aliphatic carbocycles. The molecule has 1 aliphatic rings. The summed E-state index contributed by atoms with van der Waals surface area (Å²) in [5.74, 6) is 0.415. The quantitative estimate of drug-likeness (QED) is 0.715. The van der Waals surface area contributed by atoms with Crippen LogP contribution in [-0.2, 0) is 14.8 Å². The number of nitrogens with zero attached hydrogens (tertiary/aromatic N) is 1. The predicted octanol–water partition coefficient (Wildman–Crippen LogP) is -0.0984. The van der Waals surface area contributed by atoms with Crippen molar-refractivity contribution in [3.05, 3.63) is 0 Å². The van der Waals surface area contributed by atoms with Gasteiger partial charge in [-0.25, -0.2) is 13.1 Å². The molecule has 1 aliphatic heterocycles. The van der Waals surface area contributed by atoms with Crippen molar-refractivity contribution in [3.63, 3.8) is 0 Å². The number of rotatable bonds is 6. The number of piperidine rings is 1. The first kappa shape index (κ1) is 16.4. The summed E-state index contributed by atoms with van der Waals surface area (Å²) in [4.78, 5) is 13.8. The fraction of sp³-hybridized carbons (Fsp3) is 0.917. The van der Waals surface area contributed by atoms with Crippen LogP contribution in [0.4, 0.5) is 0 Å². The molecule has 0 spiro atoms. The molecule has 0 aromatic heterocycles. The molecule has 3 N–H and O–H groups in total. The smallest absolute Gasteiger partial charge is 0.222 e. The fourth-order valence-corrected chi connectivity index (χ4v) is 3.00. The highest BCUT2D eigenvalue weighted by Crippen LogP contribution is 2.14. The Morgan fingerprint density at radius 3 is 2.47 bits per heavy atom. The Balaban J connectivity index is 2.38. The second kappa shape index (κ2) is 7.21. The number of hydrogen-bond donors (Lipinski definition) is 2. The summed E-state index contributed by atoms with van der Waals surface area (Å²) in [6, 6.07) is -0.0408. The van der Waals surface area contributed by atoms with E-state index in [9.17, 15) is 13.2 Å². The van der Waals surface area contributed by atoms with Crippen LogP contribution in [-0.4, -0.2) is 50.7 Å². The van der Waals surface area contributed by atoms with E-state index in [0.717, 1.165) is 0 Å². The molecule has 0 aromatic carbocycles. The van der Waals surface area contributed by atoms with Crippen LogP contribution in [0.2, 0.25) is 0 Å². The normalized spacial score (nSPS) is 19.4. The fourth-order valence-electron chi connectivity index (χ4n) is 2.09. The molecule has 0 bridgehead atoms. The van der Waals surface area contributed by atoms with Gasteiger partial charge in [-0.2, -0.15) is 0 Å². The molecule has 1 heterocycles. The van der Waals surface area contributed by atoms with Gasteiger partial charge >= 0.3 is 0 Å². The zero-order valence-corrected chi connectivity index (χ0v) is 12.6. The Labute approximate surface area is 115 Å². The summed E-state index contributed by atoms with van der Waals surface area (Å²) in [5.41, 5.74) is 5.51. The van der Waals surface area contributed by atoms with Crippen molar-refractivity contribution in [3.8, 4) is 0 Å². The standard InChI is InChI=1S/C12H25N3O3S/c1-3-19(17,18)14-11-4-6-15(7-5-11)12(16)8-10(2)9-13/h10-11,14H,3-9,13H2,1-2H3. The van der Waals surface area contributed by atoms with Crippen LogP contribution in [0.3, 0.4) is 0 Å². The number of likely N-dealkylation sites (tertiary alicyclic amines) is 1. The molecule has 1 amide bonds. The minimum atomic E-state index is -3.15. The summed E-state index contributed by atoms with van der Waals surface area (Å²) >= 11 is 0. The van der Waals surface area contributed by atoms with Crippen molar-refractivity contribution < 1.29 is 13.2 Å². The lowest BCUT2D eigenvalue weighted by Gasteiger charge is -2.32. The Kier molecular flexibility index (Phi) is 6.22. The molecule has 0 aromatic rings. The van der Waals surface area contributed by atoms with Crippen molar-refractivity contribution in [1.82, 2.24) is 9.62 Å². The van der Waals surface area contributed by atoms with Gasteiger partial charge in [0.05, 0.1) is 5.75 Å². The number of carbonyl (C=O) groups is 1. The molecular formula is C12H25N3O3S. The van der Waals surface area contributed by atoms with Crippen LogP contribution in [0.1, 0.15) is 33.1 Å². The summed E-state index contributed by atoms with van der Waals surface area (Å²) in [7, 11) is -3.15. The van der Waals surface area contributed by atoms with Gasteiger partial charge < -0.3 is 10.6 Å². The van der Waals surface area contributed by atoms with Crippen molar-refractivity contribution in [1.29, 1.82) is 0 Å². The maximum atomic E-state index is 11.9. The highest BCUT2D eigenvalue weighted by Gasteiger charge is 2.25. The van der Waals surface area contributed by atoms with Gasteiger partial charge in [-0.15, -0.1) is 0 Å². The molecule has 0 radical (unpaired) electrons. The molecule has 1 saturated heterocycles. The molecule has 112 valence electrons. The Morgan fingerprint density at radius 2 is 2.00 bits per heavy atom. The van der Waals surface area contributed by atoms with E-state index >= 15 is 0 Å². The second-order valence-electron chi connectivity index (χ2n) is 5.22. The lowest BCUT2D eigenvalue weighted by molar-refractivity contribution is -0.133. The number of nitrogens with one attached hydrogen (secondary N) is 1. The zero-order valence-electron chi connectivity index (χ0n) is 11.8. The number of nitrogens with two attached hydrogens (primary N) is 1. The van der Waals surface area contributed by atoms with Crippen molar-refractivity contribution in [2.45, 2.75) is 39.2 Å². The number of sulfonamides is 1. The third-order valence-corrected chi connectivity index (χ3v) is 4.95. The average molecular weight is 291 g/mol. The molecule has 19 heavy (non-hydrogen) atoms. The molecule has 0 saturated carbocycles. The zero-order chi connectivity index (χ0) is 14.5. The average Bonchev–Trinajstić information content (AvgIpc) is 2.39. The molecule has 6 nitrogen and oxygen atoms in total. The summed E-state index contributed by atoms with van der Waals surface area (Å²) in [6.07, 6.45) is 1.84. The largest absolute Gasteiger partial charge is 0.343 e. The van der Waals surface area contributed by atoms with Gasteiger partial charge in [-0.1, -0.05) is 6.92 Å². The summed E-state index contributed by atoms with van der Waals surface area (Å²) in [6.45, 7) is 5.33. The Hall–Kier alpha value is -0.660. The van der Waals surface area contributed by atoms with Crippen LogP contribution in [0.15, 0.2) is 0 Å². The first-order valence-electron chi connectivity index (χ1n) is 6.85. The maximum Gasteiger partial charge on any atom is 0.222 e. The SMILES string of the molecule is CCS(=O)(=O)NC1CCN(C(=O)CC(C)CN)CC1. The number of hydrogen-bond acceptors (Lipinski definition) is 4. The molecular weight excluding hydrogens is 266 g/mol. The number of amides is 1. The van der Waals surface area contributed by atoms with E-state index in [-0.39, 0.29) is 23.6 Å². The van der Waals surface area contributed by atoms with Crippen LogP contribution >= 0.6 is 0 Å².